The highest BCUT2D eigenvalue weighted by Crippen LogP contribution is 2.41. The lowest BCUT2D eigenvalue weighted by atomic mass is 9.84. The van der Waals surface area contributed by atoms with Crippen molar-refractivity contribution in [2.45, 2.75) is 12.0 Å². The number of benzene rings is 3. The van der Waals surface area contributed by atoms with Gasteiger partial charge in [-0.15, -0.1) is 0 Å². The zero-order valence-electron chi connectivity index (χ0n) is 19.7. The molecule has 1 N–H and O–H groups in total. The van der Waals surface area contributed by atoms with Gasteiger partial charge in [0.05, 0.1) is 12.6 Å². The number of rotatable bonds is 7. The van der Waals surface area contributed by atoms with Crippen molar-refractivity contribution in [3.63, 3.8) is 0 Å². The van der Waals surface area contributed by atoms with Crippen LogP contribution < -0.4 is 4.74 Å². The number of methoxy groups -OCH3 is 1. The van der Waals surface area contributed by atoms with Gasteiger partial charge >= 0.3 is 0 Å². The highest BCUT2D eigenvalue weighted by molar-refractivity contribution is 5.90. The van der Waals surface area contributed by atoms with E-state index in [1.54, 1.807) is 7.11 Å². The minimum Gasteiger partial charge on any atom is -0.481 e. The topological polar surface area (TPSA) is 58.7 Å². The highest BCUT2D eigenvalue weighted by Gasteiger charge is 2.37. The minimum absolute atomic E-state index is 0.464. The quantitative estimate of drug-likeness (QED) is 0.336. The second-order valence-electron chi connectivity index (χ2n) is 8.85. The van der Waals surface area contributed by atoms with E-state index < -0.39 is 5.60 Å². The van der Waals surface area contributed by atoms with E-state index in [1.807, 2.05) is 93.0 Å². The largest absolute Gasteiger partial charge is 0.481 e. The van der Waals surface area contributed by atoms with Crippen LogP contribution in [0.5, 0.6) is 5.88 Å². The van der Waals surface area contributed by atoms with Crippen molar-refractivity contribution in [2.75, 3.05) is 27.7 Å². The summed E-state index contributed by atoms with van der Waals surface area (Å²) in [6, 6.07) is 27.7. The van der Waals surface area contributed by atoms with E-state index in [0.29, 0.717) is 24.6 Å². The van der Waals surface area contributed by atoms with E-state index in [4.69, 9.17) is 14.1 Å². The Morgan fingerprint density at radius 3 is 2.44 bits per heavy atom. The summed E-state index contributed by atoms with van der Waals surface area (Å²) in [4.78, 5) is 6.87. The Balaban J connectivity index is 1.76. The van der Waals surface area contributed by atoms with Gasteiger partial charge in [0.1, 0.15) is 16.9 Å². The van der Waals surface area contributed by atoms with Gasteiger partial charge in [-0.3, -0.25) is 0 Å². The minimum atomic E-state index is -1.34. The normalized spacial score (nSPS) is 13.4. The van der Waals surface area contributed by atoms with E-state index in [0.717, 1.165) is 38.6 Å². The average Bonchev–Trinajstić information content (AvgIpc) is 3.31. The molecule has 1 unspecified atom stereocenters. The number of pyridine rings is 1. The van der Waals surface area contributed by atoms with Crippen molar-refractivity contribution >= 4 is 21.9 Å². The van der Waals surface area contributed by atoms with Gasteiger partial charge in [-0.25, -0.2) is 4.98 Å². The molecule has 172 valence electrons. The van der Waals surface area contributed by atoms with Crippen molar-refractivity contribution < 1.29 is 14.3 Å². The summed E-state index contributed by atoms with van der Waals surface area (Å²) in [5.41, 5.74) is 2.82. The monoisotopic (exact) mass is 452 g/mol. The summed E-state index contributed by atoms with van der Waals surface area (Å²) in [5.74, 6) is 1.08. The third-order valence-electron chi connectivity index (χ3n) is 6.30. The Hall–Kier alpha value is -3.67. The van der Waals surface area contributed by atoms with Crippen LogP contribution in [0, 0.1) is 0 Å². The number of para-hydroxylation sites is 1. The summed E-state index contributed by atoms with van der Waals surface area (Å²) < 4.78 is 11.9. The molecule has 0 saturated heterocycles. The third kappa shape index (κ3) is 3.94. The summed E-state index contributed by atoms with van der Waals surface area (Å²) in [6.07, 6.45) is 0.464. The molecule has 2 heterocycles. The maximum atomic E-state index is 12.3. The molecule has 5 aromatic rings. The van der Waals surface area contributed by atoms with Gasteiger partial charge in [-0.1, -0.05) is 60.7 Å². The molecular formula is C29H28N2O3. The van der Waals surface area contributed by atoms with Crippen LogP contribution in [0.4, 0.5) is 0 Å². The number of furan rings is 1. The lowest BCUT2D eigenvalue weighted by molar-refractivity contribution is 0.0438. The summed E-state index contributed by atoms with van der Waals surface area (Å²) in [6.45, 7) is 0.680. The van der Waals surface area contributed by atoms with Crippen LogP contribution in [0.1, 0.15) is 17.7 Å². The van der Waals surface area contributed by atoms with Crippen molar-refractivity contribution in [1.82, 2.24) is 9.88 Å². The maximum absolute atomic E-state index is 12.3. The van der Waals surface area contributed by atoms with Gasteiger partial charge in [0, 0.05) is 34.9 Å². The molecule has 5 heteroatoms. The first kappa shape index (κ1) is 22.1. The molecular weight excluding hydrogens is 424 g/mol. The molecule has 1 atom stereocenters. The fourth-order valence-corrected chi connectivity index (χ4v) is 4.48. The average molecular weight is 453 g/mol. The summed E-state index contributed by atoms with van der Waals surface area (Å²) >= 11 is 0. The Bertz CT molecular complexity index is 1410. The number of fused-ring (bicyclic) bond motifs is 2. The SMILES string of the molecule is COc1nc2cccc(C(O)(CCN(C)C)c3cc4ccccc4o3)c2cc1-c1ccccc1. The summed E-state index contributed by atoms with van der Waals surface area (Å²) in [7, 11) is 5.64. The summed E-state index contributed by atoms with van der Waals surface area (Å²) in [5, 5.41) is 14.1. The molecule has 0 aliphatic heterocycles. The first-order valence-corrected chi connectivity index (χ1v) is 11.4. The predicted molar refractivity (Wildman–Crippen MR) is 136 cm³/mol. The molecule has 0 bridgehead atoms. The number of nitrogens with zero attached hydrogens (tertiary/aromatic N) is 2. The molecule has 0 radical (unpaired) electrons. The van der Waals surface area contributed by atoms with Crippen LogP contribution in [-0.4, -0.2) is 42.7 Å². The van der Waals surface area contributed by atoms with Crippen LogP contribution >= 0.6 is 0 Å². The lowest BCUT2D eigenvalue weighted by Crippen LogP contribution is -2.31. The van der Waals surface area contributed by atoms with Crippen molar-refractivity contribution in [3.8, 4) is 17.0 Å². The number of hydrogen-bond acceptors (Lipinski definition) is 5. The van der Waals surface area contributed by atoms with E-state index in [-0.39, 0.29) is 0 Å². The Morgan fingerprint density at radius 1 is 0.941 bits per heavy atom. The molecule has 0 aliphatic rings. The second-order valence-corrected chi connectivity index (χ2v) is 8.85. The van der Waals surface area contributed by atoms with Crippen LogP contribution in [0.25, 0.3) is 33.0 Å². The molecule has 5 nitrogen and oxygen atoms in total. The zero-order valence-corrected chi connectivity index (χ0v) is 19.7. The lowest BCUT2D eigenvalue weighted by Gasteiger charge is -2.29. The van der Waals surface area contributed by atoms with E-state index >= 15 is 0 Å². The molecule has 0 aliphatic carbocycles. The molecule has 2 aromatic heterocycles. The molecule has 5 rings (SSSR count). The van der Waals surface area contributed by atoms with Gasteiger partial charge in [0.25, 0.3) is 0 Å². The number of aromatic nitrogens is 1. The maximum Gasteiger partial charge on any atom is 0.221 e. The second kappa shape index (κ2) is 8.93. The van der Waals surface area contributed by atoms with Crippen LogP contribution in [-0.2, 0) is 5.60 Å². The number of hydrogen-bond donors (Lipinski definition) is 1. The predicted octanol–water partition coefficient (Wildman–Crippen LogP) is 5.84. The molecule has 0 fully saturated rings. The van der Waals surface area contributed by atoms with Crippen LogP contribution in [0.15, 0.2) is 89.3 Å². The molecule has 34 heavy (non-hydrogen) atoms. The fourth-order valence-electron chi connectivity index (χ4n) is 4.48. The van der Waals surface area contributed by atoms with Crippen molar-refractivity contribution in [1.29, 1.82) is 0 Å². The third-order valence-corrected chi connectivity index (χ3v) is 6.30. The van der Waals surface area contributed by atoms with Crippen LogP contribution in [0.3, 0.4) is 0 Å². The van der Waals surface area contributed by atoms with E-state index in [2.05, 4.69) is 11.0 Å². The van der Waals surface area contributed by atoms with Gasteiger partial charge in [-0.2, -0.15) is 0 Å². The standard InChI is InChI=1S/C29H28N2O3/c1-31(2)17-16-29(32,27-18-21-12-7-8-15-26(21)34-27)24-13-9-14-25-23(24)19-22(28(30-25)33-3)20-10-5-4-6-11-20/h4-15,18-19,32H,16-17H2,1-3H3. The molecule has 0 spiro atoms. The van der Waals surface area contributed by atoms with Crippen molar-refractivity contribution in [3.05, 3.63) is 96.3 Å². The smallest absolute Gasteiger partial charge is 0.221 e. The first-order valence-electron chi connectivity index (χ1n) is 11.4. The highest BCUT2D eigenvalue weighted by atomic mass is 16.5. The molecule has 0 saturated carbocycles. The van der Waals surface area contributed by atoms with Crippen molar-refractivity contribution in [2.24, 2.45) is 0 Å². The number of ether oxygens (including phenoxy) is 1. The number of aliphatic hydroxyl groups is 1. The van der Waals surface area contributed by atoms with E-state index in [1.165, 1.54) is 0 Å². The Labute approximate surface area is 199 Å². The van der Waals surface area contributed by atoms with Gasteiger partial charge in [0.15, 0.2) is 0 Å². The molecule has 3 aromatic carbocycles. The molecule has 0 amide bonds. The van der Waals surface area contributed by atoms with Gasteiger partial charge in [0.2, 0.25) is 5.88 Å². The Kier molecular flexibility index (Phi) is 5.82. The van der Waals surface area contributed by atoms with Gasteiger partial charge in [-0.05, 0) is 43.9 Å². The first-order chi connectivity index (χ1) is 16.5. The fraction of sp³-hybridized carbons (Fsp3) is 0.207. The van der Waals surface area contributed by atoms with Crippen LogP contribution in [0.2, 0.25) is 0 Å². The van der Waals surface area contributed by atoms with Gasteiger partial charge < -0.3 is 19.2 Å². The Morgan fingerprint density at radius 2 is 1.71 bits per heavy atom. The zero-order chi connectivity index (χ0) is 23.7. The van der Waals surface area contributed by atoms with E-state index in [9.17, 15) is 5.11 Å².